The highest BCUT2D eigenvalue weighted by atomic mass is 16.5. The molecular formula is C15H23N3O3. The second kappa shape index (κ2) is 7.64. The molecule has 1 aromatic rings. The summed E-state index contributed by atoms with van der Waals surface area (Å²) in [5.74, 6) is 0.125. The van der Waals surface area contributed by atoms with Gasteiger partial charge in [-0.3, -0.25) is 9.59 Å². The van der Waals surface area contributed by atoms with Gasteiger partial charge in [-0.2, -0.15) is 0 Å². The Hall–Kier alpha value is -2.08. The van der Waals surface area contributed by atoms with Crippen molar-refractivity contribution in [2.45, 2.75) is 32.7 Å². The highest BCUT2D eigenvalue weighted by Crippen LogP contribution is 2.15. The van der Waals surface area contributed by atoms with Gasteiger partial charge in [-0.1, -0.05) is 0 Å². The second-order valence-corrected chi connectivity index (χ2v) is 5.74. The number of anilines is 1. The van der Waals surface area contributed by atoms with Crippen molar-refractivity contribution in [3.8, 4) is 5.75 Å². The van der Waals surface area contributed by atoms with E-state index in [1.54, 1.807) is 24.3 Å². The lowest BCUT2D eigenvalue weighted by atomic mass is 10.1. The quantitative estimate of drug-likeness (QED) is 0.705. The van der Waals surface area contributed by atoms with E-state index in [-0.39, 0.29) is 31.0 Å². The fraction of sp³-hybridized carbons (Fsp3) is 0.467. The van der Waals surface area contributed by atoms with Crippen molar-refractivity contribution in [1.82, 2.24) is 5.32 Å². The van der Waals surface area contributed by atoms with Gasteiger partial charge in [0.2, 0.25) is 11.8 Å². The van der Waals surface area contributed by atoms with E-state index in [1.807, 2.05) is 20.8 Å². The standard InChI is InChI=1S/C15H23N3O3/c1-15(2,3)17-10-14(20)18-11-4-6-12(7-5-11)21-9-8-13(16)19/h4-7,17H,8-10H2,1-3H3,(H2,16,19)(H,18,20). The average Bonchev–Trinajstić information content (AvgIpc) is 2.37. The van der Waals surface area contributed by atoms with E-state index in [9.17, 15) is 9.59 Å². The van der Waals surface area contributed by atoms with Crippen LogP contribution in [0.4, 0.5) is 5.69 Å². The normalized spacial score (nSPS) is 11.0. The van der Waals surface area contributed by atoms with Crippen LogP contribution in [0.5, 0.6) is 5.75 Å². The third-order valence-electron chi connectivity index (χ3n) is 2.53. The Morgan fingerprint density at radius 2 is 1.81 bits per heavy atom. The van der Waals surface area contributed by atoms with Crippen LogP contribution in [0.25, 0.3) is 0 Å². The van der Waals surface area contributed by atoms with Gasteiger partial charge >= 0.3 is 0 Å². The zero-order valence-electron chi connectivity index (χ0n) is 12.7. The number of primary amides is 1. The molecule has 0 fully saturated rings. The molecule has 0 unspecified atom stereocenters. The maximum atomic E-state index is 11.7. The van der Waals surface area contributed by atoms with E-state index in [0.717, 1.165) is 0 Å². The van der Waals surface area contributed by atoms with E-state index in [1.165, 1.54) is 0 Å². The summed E-state index contributed by atoms with van der Waals surface area (Å²) in [6.45, 7) is 6.49. The molecule has 0 bridgehead atoms. The average molecular weight is 293 g/mol. The Labute approximate surface area is 125 Å². The van der Waals surface area contributed by atoms with Crippen LogP contribution in [0, 0.1) is 0 Å². The van der Waals surface area contributed by atoms with Crippen LogP contribution < -0.4 is 21.1 Å². The number of carbonyl (C=O) groups is 2. The molecule has 0 aliphatic carbocycles. The van der Waals surface area contributed by atoms with Crippen LogP contribution in [-0.2, 0) is 9.59 Å². The molecule has 0 aliphatic rings. The van der Waals surface area contributed by atoms with Crippen molar-refractivity contribution in [3.63, 3.8) is 0 Å². The van der Waals surface area contributed by atoms with Crippen LogP contribution in [0.3, 0.4) is 0 Å². The SMILES string of the molecule is CC(C)(C)NCC(=O)Nc1ccc(OCCC(N)=O)cc1. The first-order valence-electron chi connectivity index (χ1n) is 6.82. The number of carbonyl (C=O) groups excluding carboxylic acids is 2. The molecule has 21 heavy (non-hydrogen) atoms. The van der Waals surface area contributed by atoms with Crippen molar-refractivity contribution >= 4 is 17.5 Å². The van der Waals surface area contributed by atoms with Crippen molar-refractivity contribution < 1.29 is 14.3 Å². The minimum absolute atomic E-state index is 0.102. The molecule has 0 radical (unpaired) electrons. The molecule has 1 rings (SSSR count). The first kappa shape index (κ1) is 17.0. The highest BCUT2D eigenvalue weighted by molar-refractivity contribution is 5.92. The molecule has 1 aromatic carbocycles. The topological polar surface area (TPSA) is 93.4 Å². The molecule has 2 amide bonds. The van der Waals surface area contributed by atoms with Gasteiger partial charge in [0.05, 0.1) is 19.6 Å². The van der Waals surface area contributed by atoms with Gasteiger partial charge in [0.1, 0.15) is 5.75 Å². The number of nitrogens with two attached hydrogens (primary N) is 1. The lowest BCUT2D eigenvalue weighted by Gasteiger charge is -2.20. The summed E-state index contributed by atoms with van der Waals surface area (Å²) in [5.41, 5.74) is 5.61. The Balaban J connectivity index is 2.40. The van der Waals surface area contributed by atoms with Gasteiger partial charge in [-0.25, -0.2) is 0 Å². The minimum atomic E-state index is -0.398. The molecule has 0 atom stereocenters. The molecule has 0 aromatic heterocycles. The molecule has 4 N–H and O–H groups in total. The van der Waals surface area contributed by atoms with E-state index in [0.29, 0.717) is 11.4 Å². The highest BCUT2D eigenvalue weighted by Gasteiger charge is 2.11. The predicted octanol–water partition coefficient (Wildman–Crippen LogP) is 1.27. The molecule has 6 heteroatoms. The van der Waals surface area contributed by atoms with Crippen LogP contribution >= 0.6 is 0 Å². The smallest absolute Gasteiger partial charge is 0.238 e. The lowest BCUT2D eigenvalue weighted by molar-refractivity contribution is -0.118. The predicted molar refractivity (Wildman–Crippen MR) is 82.1 cm³/mol. The molecule has 0 saturated carbocycles. The summed E-state index contributed by atoms with van der Waals surface area (Å²) in [7, 11) is 0. The summed E-state index contributed by atoms with van der Waals surface area (Å²) >= 11 is 0. The van der Waals surface area contributed by atoms with Gasteiger partial charge in [0, 0.05) is 11.2 Å². The third kappa shape index (κ3) is 7.94. The van der Waals surface area contributed by atoms with E-state index < -0.39 is 5.91 Å². The molecule has 0 spiro atoms. The number of hydrogen-bond acceptors (Lipinski definition) is 4. The van der Waals surface area contributed by atoms with Crippen molar-refractivity contribution in [2.24, 2.45) is 5.73 Å². The summed E-state index contributed by atoms with van der Waals surface area (Å²) < 4.78 is 5.34. The maximum Gasteiger partial charge on any atom is 0.238 e. The fourth-order valence-corrected chi connectivity index (χ4v) is 1.45. The first-order valence-corrected chi connectivity index (χ1v) is 6.82. The summed E-state index contributed by atoms with van der Waals surface area (Å²) in [6.07, 6.45) is 0.178. The first-order chi connectivity index (χ1) is 9.76. The van der Waals surface area contributed by atoms with Gasteiger partial charge < -0.3 is 21.1 Å². The van der Waals surface area contributed by atoms with Crippen molar-refractivity contribution in [1.29, 1.82) is 0 Å². The van der Waals surface area contributed by atoms with Crippen LogP contribution in [-0.4, -0.2) is 30.5 Å². The summed E-state index contributed by atoms with van der Waals surface area (Å²) in [5, 5.41) is 5.90. The van der Waals surface area contributed by atoms with Gasteiger partial charge in [-0.15, -0.1) is 0 Å². The molecule has 6 nitrogen and oxygen atoms in total. The van der Waals surface area contributed by atoms with Crippen molar-refractivity contribution in [2.75, 3.05) is 18.5 Å². The Morgan fingerprint density at radius 1 is 1.19 bits per heavy atom. The van der Waals surface area contributed by atoms with E-state index in [2.05, 4.69) is 10.6 Å². The zero-order chi connectivity index (χ0) is 15.9. The summed E-state index contributed by atoms with van der Waals surface area (Å²) in [6, 6.07) is 6.95. The Morgan fingerprint density at radius 3 is 2.33 bits per heavy atom. The number of hydrogen-bond donors (Lipinski definition) is 3. The maximum absolute atomic E-state index is 11.7. The largest absolute Gasteiger partial charge is 0.493 e. The molecule has 0 aliphatic heterocycles. The van der Waals surface area contributed by atoms with Gasteiger partial charge in [-0.05, 0) is 45.0 Å². The summed E-state index contributed by atoms with van der Waals surface area (Å²) in [4.78, 5) is 22.3. The lowest BCUT2D eigenvalue weighted by Crippen LogP contribution is -2.41. The van der Waals surface area contributed by atoms with Crippen molar-refractivity contribution in [3.05, 3.63) is 24.3 Å². The number of amides is 2. The third-order valence-corrected chi connectivity index (χ3v) is 2.53. The molecular weight excluding hydrogens is 270 g/mol. The van der Waals surface area contributed by atoms with Gasteiger partial charge in [0.25, 0.3) is 0 Å². The number of nitrogens with one attached hydrogen (secondary N) is 2. The number of ether oxygens (including phenoxy) is 1. The molecule has 0 saturated heterocycles. The number of benzene rings is 1. The van der Waals surface area contributed by atoms with Crippen LogP contribution in [0.1, 0.15) is 27.2 Å². The zero-order valence-corrected chi connectivity index (χ0v) is 12.7. The van der Waals surface area contributed by atoms with Gasteiger partial charge in [0.15, 0.2) is 0 Å². The van der Waals surface area contributed by atoms with Crippen LogP contribution in [0.15, 0.2) is 24.3 Å². The fourth-order valence-electron chi connectivity index (χ4n) is 1.45. The molecule has 116 valence electrons. The Bertz CT molecular complexity index is 478. The van der Waals surface area contributed by atoms with E-state index >= 15 is 0 Å². The Kier molecular flexibility index (Phi) is 6.17. The molecule has 0 heterocycles. The monoisotopic (exact) mass is 293 g/mol. The minimum Gasteiger partial charge on any atom is -0.493 e. The number of rotatable bonds is 7. The second-order valence-electron chi connectivity index (χ2n) is 5.74. The van der Waals surface area contributed by atoms with Crippen LogP contribution in [0.2, 0.25) is 0 Å². The van der Waals surface area contributed by atoms with E-state index in [4.69, 9.17) is 10.5 Å².